The van der Waals surface area contributed by atoms with Crippen LogP contribution in [0, 0.1) is 0 Å². The number of aliphatic hydroxyl groups is 1. The van der Waals surface area contributed by atoms with Crippen LogP contribution in [0.3, 0.4) is 0 Å². The fourth-order valence-electron chi connectivity index (χ4n) is 3.14. The number of rotatable bonds is 5. The second-order valence-electron chi connectivity index (χ2n) is 6.50. The zero-order valence-corrected chi connectivity index (χ0v) is 14.4. The smallest absolute Gasteiger partial charge is 0.338 e. The Bertz CT molecular complexity index is 863. The summed E-state index contributed by atoms with van der Waals surface area (Å²) in [7, 11) is 0. The zero-order chi connectivity index (χ0) is 18.9. The van der Waals surface area contributed by atoms with E-state index in [1.807, 2.05) is 0 Å². The molecule has 0 radical (unpaired) electrons. The molecule has 0 saturated carbocycles. The highest BCUT2D eigenvalue weighted by atomic mass is 16.7. The van der Waals surface area contributed by atoms with Crippen LogP contribution < -0.4 is 0 Å². The molecule has 6 nitrogen and oxygen atoms in total. The molecule has 0 unspecified atom stereocenters. The molecule has 2 aromatic carbocycles. The van der Waals surface area contributed by atoms with Crippen LogP contribution >= 0.6 is 0 Å². The third-order valence-corrected chi connectivity index (χ3v) is 4.75. The van der Waals surface area contributed by atoms with Crippen LogP contribution in [-0.2, 0) is 14.2 Å². The Morgan fingerprint density at radius 1 is 0.926 bits per heavy atom. The summed E-state index contributed by atoms with van der Waals surface area (Å²) in [6, 6.07) is 17.1. The van der Waals surface area contributed by atoms with Gasteiger partial charge in [0.1, 0.15) is 24.9 Å². The molecule has 1 aliphatic heterocycles. The van der Waals surface area contributed by atoms with Crippen LogP contribution in [-0.4, -0.2) is 47.6 Å². The molecule has 1 aliphatic carbocycles. The standard InChI is InChI=1S/C21H18O6/c22-18-16(26-20(24)15-9-5-2-6-10-15)11-12-17-21(18,27-17)13-25-19(23)14-7-3-1-4-8-14/h1-12,16-18,22H,13H2/t16-,17-,18-,21+/m1/s1. The van der Waals surface area contributed by atoms with Crippen LogP contribution in [0.4, 0.5) is 0 Å². The monoisotopic (exact) mass is 366 g/mol. The lowest BCUT2D eigenvalue weighted by atomic mass is 9.89. The van der Waals surface area contributed by atoms with Gasteiger partial charge in [0.15, 0.2) is 5.60 Å². The molecule has 1 fully saturated rings. The van der Waals surface area contributed by atoms with Crippen molar-refractivity contribution >= 4 is 11.9 Å². The van der Waals surface area contributed by atoms with Crippen LogP contribution in [0.25, 0.3) is 0 Å². The third-order valence-electron chi connectivity index (χ3n) is 4.75. The Morgan fingerprint density at radius 2 is 1.52 bits per heavy atom. The molecule has 1 saturated heterocycles. The van der Waals surface area contributed by atoms with E-state index in [4.69, 9.17) is 14.2 Å². The molecular formula is C21H18O6. The van der Waals surface area contributed by atoms with Crippen molar-refractivity contribution in [3.8, 4) is 0 Å². The van der Waals surface area contributed by atoms with Crippen LogP contribution in [0.15, 0.2) is 72.8 Å². The number of benzene rings is 2. The number of epoxide rings is 1. The summed E-state index contributed by atoms with van der Waals surface area (Å²) >= 11 is 0. The number of hydrogen-bond acceptors (Lipinski definition) is 6. The SMILES string of the molecule is O=C(OC[C@]12O[C@@H]1C=C[C@@H](OC(=O)c1ccccc1)[C@H]2O)c1ccccc1. The van der Waals surface area contributed by atoms with Gasteiger partial charge in [0.2, 0.25) is 0 Å². The highest BCUT2D eigenvalue weighted by molar-refractivity contribution is 5.90. The van der Waals surface area contributed by atoms with Crippen molar-refractivity contribution in [2.45, 2.75) is 23.9 Å². The largest absolute Gasteiger partial charge is 0.459 e. The molecular weight excluding hydrogens is 348 g/mol. The topological polar surface area (TPSA) is 85.4 Å². The minimum atomic E-state index is -1.14. The first-order valence-corrected chi connectivity index (χ1v) is 8.62. The summed E-state index contributed by atoms with van der Waals surface area (Å²) in [5.41, 5.74) is -0.277. The average molecular weight is 366 g/mol. The van der Waals surface area contributed by atoms with Gasteiger partial charge in [-0.1, -0.05) is 42.5 Å². The van der Waals surface area contributed by atoms with Crippen molar-refractivity contribution in [3.63, 3.8) is 0 Å². The molecule has 0 bridgehead atoms. The Morgan fingerprint density at radius 3 is 2.15 bits per heavy atom. The van der Waals surface area contributed by atoms with Crippen molar-refractivity contribution in [3.05, 3.63) is 83.9 Å². The number of fused-ring (bicyclic) bond motifs is 1. The van der Waals surface area contributed by atoms with Gasteiger partial charge in [0, 0.05) is 0 Å². The van der Waals surface area contributed by atoms with Gasteiger partial charge in [-0.05, 0) is 30.3 Å². The predicted octanol–water partition coefficient (Wildman–Crippen LogP) is 2.14. The first-order valence-electron chi connectivity index (χ1n) is 8.62. The predicted molar refractivity (Wildman–Crippen MR) is 95.1 cm³/mol. The maximum Gasteiger partial charge on any atom is 0.338 e. The highest BCUT2D eigenvalue weighted by Gasteiger charge is 2.65. The van der Waals surface area contributed by atoms with E-state index in [9.17, 15) is 14.7 Å². The van der Waals surface area contributed by atoms with Crippen molar-refractivity contribution < 1.29 is 28.9 Å². The average Bonchev–Trinajstić information content (AvgIpc) is 3.45. The lowest BCUT2D eigenvalue weighted by molar-refractivity contribution is -0.0486. The van der Waals surface area contributed by atoms with Crippen molar-refractivity contribution in [2.75, 3.05) is 6.61 Å². The summed E-state index contributed by atoms with van der Waals surface area (Å²) in [5.74, 6) is -1.04. The summed E-state index contributed by atoms with van der Waals surface area (Å²) in [4.78, 5) is 24.4. The van der Waals surface area contributed by atoms with Crippen LogP contribution in [0.5, 0.6) is 0 Å². The number of hydrogen-bond donors (Lipinski definition) is 1. The number of carbonyl (C=O) groups is 2. The van der Waals surface area contributed by atoms with Gasteiger partial charge in [-0.15, -0.1) is 0 Å². The number of aliphatic hydroxyl groups excluding tert-OH is 1. The molecule has 4 rings (SSSR count). The first kappa shape index (κ1) is 17.5. The van der Waals surface area contributed by atoms with Crippen molar-refractivity contribution in [1.82, 2.24) is 0 Å². The fraction of sp³-hybridized carbons (Fsp3) is 0.238. The minimum absolute atomic E-state index is 0.129. The Kier molecular flexibility index (Phi) is 4.51. The summed E-state index contributed by atoms with van der Waals surface area (Å²) in [6.45, 7) is -0.129. The van der Waals surface area contributed by atoms with Gasteiger partial charge in [-0.25, -0.2) is 9.59 Å². The van der Waals surface area contributed by atoms with E-state index >= 15 is 0 Å². The molecule has 2 aliphatic rings. The first-order chi connectivity index (χ1) is 13.1. The van der Waals surface area contributed by atoms with Crippen molar-refractivity contribution in [1.29, 1.82) is 0 Å². The minimum Gasteiger partial charge on any atom is -0.459 e. The van der Waals surface area contributed by atoms with E-state index in [0.29, 0.717) is 11.1 Å². The molecule has 0 spiro atoms. The van der Waals surface area contributed by atoms with Crippen molar-refractivity contribution in [2.24, 2.45) is 0 Å². The van der Waals surface area contributed by atoms with E-state index < -0.39 is 29.7 Å². The van der Waals surface area contributed by atoms with Gasteiger partial charge in [-0.3, -0.25) is 0 Å². The van der Waals surface area contributed by atoms with Gasteiger partial charge >= 0.3 is 11.9 Å². The Hall–Kier alpha value is -2.96. The number of carbonyl (C=O) groups excluding carboxylic acids is 2. The fourth-order valence-corrected chi connectivity index (χ4v) is 3.14. The van der Waals surface area contributed by atoms with Crippen LogP contribution in [0.2, 0.25) is 0 Å². The molecule has 1 heterocycles. The third kappa shape index (κ3) is 3.37. The highest BCUT2D eigenvalue weighted by Crippen LogP contribution is 2.46. The van der Waals surface area contributed by atoms with Gasteiger partial charge in [0.25, 0.3) is 0 Å². The molecule has 0 amide bonds. The summed E-state index contributed by atoms with van der Waals surface area (Å²) in [5, 5.41) is 10.7. The van der Waals surface area contributed by atoms with E-state index in [1.54, 1.807) is 72.8 Å². The van der Waals surface area contributed by atoms with E-state index in [2.05, 4.69) is 0 Å². The maximum absolute atomic E-state index is 12.2. The Labute approximate surface area is 156 Å². The second kappa shape index (κ2) is 6.98. The molecule has 0 aromatic heterocycles. The Balaban J connectivity index is 1.41. The normalized spacial score (nSPS) is 28.1. The van der Waals surface area contributed by atoms with Gasteiger partial charge < -0.3 is 19.3 Å². The van der Waals surface area contributed by atoms with E-state index in [1.165, 1.54) is 0 Å². The van der Waals surface area contributed by atoms with Gasteiger partial charge in [-0.2, -0.15) is 0 Å². The summed E-state index contributed by atoms with van der Waals surface area (Å²) in [6.07, 6.45) is 0.922. The number of esters is 2. The molecule has 1 N–H and O–H groups in total. The molecule has 4 atom stereocenters. The van der Waals surface area contributed by atoms with Crippen LogP contribution in [0.1, 0.15) is 20.7 Å². The van der Waals surface area contributed by atoms with E-state index in [-0.39, 0.29) is 12.7 Å². The maximum atomic E-state index is 12.2. The summed E-state index contributed by atoms with van der Waals surface area (Å²) < 4.78 is 16.3. The lowest BCUT2D eigenvalue weighted by Crippen LogP contribution is -2.48. The molecule has 138 valence electrons. The molecule has 27 heavy (non-hydrogen) atoms. The second-order valence-corrected chi connectivity index (χ2v) is 6.50. The quantitative estimate of drug-likeness (QED) is 0.496. The van der Waals surface area contributed by atoms with Gasteiger partial charge in [0.05, 0.1) is 11.1 Å². The zero-order valence-electron chi connectivity index (χ0n) is 14.4. The molecule has 6 heteroatoms. The number of ether oxygens (including phenoxy) is 3. The van der Waals surface area contributed by atoms with E-state index in [0.717, 1.165) is 0 Å². The lowest BCUT2D eigenvalue weighted by Gasteiger charge is -2.28. The molecule has 2 aromatic rings.